The lowest BCUT2D eigenvalue weighted by Crippen LogP contribution is -2.51. The number of carbonyl (C=O) groups is 3. The molecule has 0 aliphatic carbocycles. The highest BCUT2D eigenvalue weighted by atomic mass is 16.2. The molecule has 0 bridgehead atoms. The fourth-order valence-electron chi connectivity index (χ4n) is 4.20. The summed E-state index contributed by atoms with van der Waals surface area (Å²) in [6, 6.07) is 15.1. The molecule has 7 nitrogen and oxygen atoms in total. The van der Waals surface area contributed by atoms with Gasteiger partial charge in [0.15, 0.2) is 5.78 Å². The molecule has 2 aliphatic rings. The zero-order valence-corrected chi connectivity index (χ0v) is 17.8. The van der Waals surface area contributed by atoms with E-state index in [1.165, 1.54) is 12.5 Å². The summed E-state index contributed by atoms with van der Waals surface area (Å²) in [4.78, 5) is 42.8. The number of ketones is 1. The number of anilines is 2. The molecule has 0 spiro atoms. The Bertz CT molecular complexity index is 982. The normalized spacial score (nSPS) is 16.7. The van der Waals surface area contributed by atoms with E-state index in [0.29, 0.717) is 24.3 Å². The van der Waals surface area contributed by atoms with Crippen LogP contribution in [0.2, 0.25) is 0 Å². The van der Waals surface area contributed by atoms with E-state index < -0.39 is 0 Å². The van der Waals surface area contributed by atoms with Crippen molar-refractivity contribution < 1.29 is 14.4 Å². The summed E-state index contributed by atoms with van der Waals surface area (Å²) in [7, 11) is 0. The maximum Gasteiger partial charge on any atom is 0.241 e. The average molecular weight is 421 g/mol. The minimum Gasteiger partial charge on any atom is -0.325 e. The second-order valence-corrected chi connectivity index (χ2v) is 8.16. The SMILES string of the molecule is CC(=O)c1cccc(NC(=O)CN2CCN(CC(=O)N3CCc4ccccc43)CC2)c1. The molecule has 7 heteroatoms. The van der Waals surface area contributed by atoms with Crippen LogP contribution in [-0.4, -0.2) is 73.2 Å². The molecular weight excluding hydrogens is 392 g/mol. The summed E-state index contributed by atoms with van der Waals surface area (Å²) in [5.41, 5.74) is 3.49. The first kappa shape index (κ1) is 21.2. The lowest BCUT2D eigenvalue weighted by atomic mass is 10.1. The lowest BCUT2D eigenvalue weighted by molar-refractivity contribution is -0.121. The van der Waals surface area contributed by atoms with E-state index in [2.05, 4.69) is 21.2 Å². The van der Waals surface area contributed by atoms with E-state index in [-0.39, 0.29) is 17.6 Å². The fraction of sp³-hybridized carbons (Fsp3) is 0.375. The summed E-state index contributed by atoms with van der Waals surface area (Å²) in [6.45, 7) is 5.97. The monoisotopic (exact) mass is 420 g/mol. The molecule has 1 fully saturated rings. The van der Waals surface area contributed by atoms with Gasteiger partial charge in [-0.3, -0.25) is 24.2 Å². The van der Waals surface area contributed by atoms with Crippen molar-refractivity contribution in [2.75, 3.05) is 56.0 Å². The molecule has 0 unspecified atom stereocenters. The van der Waals surface area contributed by atoms with Crippen LogP contribution in [0.5, 0.6) is 0 Å². The maximum atomic E-state index is 12.8. The molecule has 162 valence electrons. The van der Waals surface area contributed by atoms with Gasteiger partial charge in [0.1, 0.15) is 0 Å². The van der Waals surface area contributed by atoms with Crippen LogP contribution in [0.4, 0.5) is 11.4 Å². The summed E-state index contributed by atoms with van der Waals surface area (Å²) < 4.78 is 0. The number of hydrogen-bond donors (Lipinski definition) is 1. The first-order valence-electron chi connectivity index (χ1n) is 10.7. The third-order valence-corrected chi connectivity index (χ3v) is 5.93. The molecule has 2 aliphatic heterocycles. The number of benzene rings is 2. The molecule has 2 amide bonds. The topological polar surface area (TPSA) is 73.0 Å². The number of piperazine rings is 1. The summed E-state index contributed by atoms with van der Waals surface area (Å²) in [6.07, 6.45) is 0.917. The van der Waals surface area contributed by atoms with Crippen molar-refractivity contribution >= 4 is 29.0 Å². The van der Waals surface area contributed by atoms with Crippen LogP contribution < -0.4 is 10.2 Å². The van der Waals surface area contributed by atoms with E-state index in [1.807, 2.05) is 23.1 Å². The summed E-state index contributed by atoms with van der Waals surface area (Å²) >= 11 is 0. The van der Waals surface area contributed by atoms with Crippen LogP contribution in [-0.2, 0) is 16.0 Å². The van der Waals surface area contributed by atoms with Crippen molar-refractivity contribution in [3.05, 3.63) is 59.7 Å². The fourth-order valence-corrected chi connectivity index (χ4v) is 4.20. The minimum atomic E-state index is -0.0982. The Hall–Kier alpha value is -3.03. The summed E-state index contributed by atoms with van der Waals surface area (Å²) in [5, 5.41) is 2.87. The number of carbonyl (C=O) groups excluding carboxylic acids is 3. The van der Waals surface area contributed by atoms with Gasteiger partial charge in [-0.15, -0.1) is 0 Å². The Morgan fingerprint density at radius 3 is 2.32 bits per heavy atom. The van der Waals surface area contributed by atoms with E-state index in [0.717, 1.165) is 44.8 Å². The third kappa shape index (κ3) is 5.18. The number of nitrogens with one attached hydrogen (secondary N) is 1. The van der Waals surface area contributed by atoms with Crippen LogP contribution >= 0.6 is 0 Å². The maximum absolute atomic E-state index is 12.8. The van der Waals surface area contributed by atoms with E-state index >= 15 is 0 Å². The number of rotatable bonds is 6. The van der Waals surface area contributed by atoms with Crippen molar-refractivity contribution in [1.82, 2.24) is 9.80 Å². The quantitative estimate of drug-likeness (QED) is 0.724. The van der Waals surface area contributed by atoms with Crippen molar-refractivity contribution in [3.63, 3.8) is 0 Å². The first-order valence-corrected chi connectivity index (χ1v) is 10.7. The molecule has 31 heavy (non-hydrogen) atoms. The van der Waals surface area contributed by atoms with Crippen molar-refractivity contribution in [3.8, 4) is 0 Å². The molecule has 0 atom stereocenters. The second kappa shape index (κ2) is 9.41. The highest BCUT2D eigenvalue weighted by molar-refractivity contribution is 5.98. The van der Waals surface area contributed by atoms with E-state index in [1.54, 1.807) is 24.3 Å². The van der Waals surface area contributed by atoms with Gasteiger partial charge in [0.05, 0.1) is 13.1 Å². The predicted octanol–water partition coefficient (Wildman–Crippen LogP) is 2.03. The van der Waals surface area contributed by atoms with Crippen LogP contribution in [0.1, 0.15) is 22.8 Å². The Labute approximate surface area is 182 Å². The Balaban J connectivity index is 1.23. The molecule has 0 aromatic heterocycles. The van der Waals surface area contributed by atoms with Gasteiger partial charge in [-0.25, -0.2) is 0 Å². The second-order valence-electron chi connectivity index (χ2n) is 8.16. The average Bonchev–Trinajstić information content (AvgIpc) is 3.19. The molecule has 2 aromatic rings. The van der Waals surface area contributed by atoms with Crippen LogP contribution in [0.15, 0.2) is 48.5 Å². The Kier molecular flexibility index (Phi) is 6.44. The smallest absolute Gasteiger partial charge is 0.241 e. The molecule has 0 radical (unpaired) electrons. The van der Waals surface area contributed by atoms with Gasteiger partial charge in [-0.2, -0.15) is 0 Å². The van der Waals surface area contributed by atoms with Crippen LogP contribution in [0.25, 0.3) is 0 Å². The van der Waals surface area contributed by atoms with E-state index in [4.69, 9.17) is 0 Å². The molecule has 0 saturated carbocycles. The number of fused-ring (bicyclic) bond motifs is 1. The zero-order chi connectivity index (χ0) is 21.8. The lowest BCUT2D eigenvalue weighted by Gasteiger charge is -2.34. The molecule has 1 saturated heterocycles. The van der Waals surface area contributed by atoms with Gasteiger partial charge in [0.25, 0.3) is 0 Å². The summed E-state index contributed by atoms with van der Waals surface area (Å²) in [5.74, 6) is 0.0135. The minimum absolute atomic E-state index is 0.0285. The number of para-hydroxylation sites is 1. The van der Waals surface area contributed by atoms with Crippen molar-refractivity contribution in [2.45, 2.75) is 13.3 Å². The molecule has 4 rings (SSSR count). The highest BCUT2D eigenvalue weighted by Gasteiger charge is 2.27. The predicted molar refractivity (Wildman–Crippen MR) is 120 cm³/mol. The Morgan fingerprint density at radius 1 is 0.871 bits per heavy atom. The number of nitrogens with zero attached hydrogens (tertiary/aromatic N) is 3. The number of Topliss-reactive ketones (excluding diaryl/α,β-unsaturated/α-hetero) is 1. The largest absolute Gasteiger partial charge is 0.325 e. The third-order valence-electron chi connectivity index (χ3n) is 5.93. The molecule has 2 heterocycles. The van der Waals surface area contributed by atoms with Crippen molar-refractivity contribution in [1.29, 1.82) is 0 Å². The van der Waals surface area contributed by atoms with E-state index in [9.17, 15) is 14.4 Å². The van der Waals surface area contributed by atoms with Gasteiger partial charge < -0.3 is 10.2 Å². The number of hydrogen-bond acceptors (Lipinski definition) is 5. The molecule has 1 N–H and O–H groups in total. The van der Waals surface area contributed by atoms with Crippen LogP contribution in [0.3, 0.4) is 0 Å². The van der Waals surface area contributed by atoms with Gasteiger partial charge in [0.2, 0.25) is 11.8 Å². The van der Waals surface area contributed by atoms with Gasteiger partial charge >= 0.3 is 0 Å². The number of amides is 2. The molecular formula is C24H28N4O3. The Morgan fingerprint density at radius 2 is 1.58 bits per heavy atom. The standard InChI is InChI=1S/C24H28N4O3/c1-18(29)20-6-4-7-21(15-20)25-23(30)16-26-11-13-27(14-12-26)17-24(31)28-10-9-19-5-2-3-8-22(19)28/h2-8,15H,9-14,16-17H2,1H3,(H,25,30). The van der Waals surface area contributed by atoms with Gasteiger partial charge in [-0.05, 0) is 37.1 Å². The van der Waals surface area contributed by atoms with Gasteiger partial charge in [0, 0.05) is 49.7 Å². The van der Waals surface area contributed by atoms with Gasteiger partial charge in [-0.1, -0.05) is 30.3 Å². The van der Waals surface area contributed by atoms with Crippen LogP contribution in [0, 0.1) is 0 Å². The first-order chi connectivity index (χ1) is 15.0. The molecule has 2 aromatic carbocycles. The zero-order valence-electron chi connectivity index (χ0n) is 17.8. The highest BCUT2D eigenvalue weighted by Crippen LogP contribution is 2.27. The van der Waals surface area contributed by atoms with Crippen molar-refractivity contribution in [2.24, 2.45) is 0 Å².